The summed E-state index contributed by atoms with van der Waals surface area (Å²) >= 11 is 0. The Morgan fingerprint density at radius 3 is 2.26 bits per heavy atom. The van der Waals surface area contributed by atoms with Gasteiger partial charge in [-0.25, -0.2) is 4.98 Å². The maximum atomic E-state index is 12.0. The van der Waals surface area contributed by atoms with E-state index in [0.717, 1.165) is 30.0 Å². The number of nitrogens with zero attached hydrogens (tertiary/aromatic N) is 4. The standard InChI is InChI=1S/C21H27N5O/c1-13-14(2)22-20(23-21(13)27)18-9-7-17(8-10-18)11-25(5)12-19-15(3)24-26(6)16(19)4/h7-10H,11-12H2,1-6H3,(H,22,23,27). The third-order valence-corrected chi connectivity index (χ3v) is 5.16. The number of nitrogens with one attached hydrogen (secondary N) is 1. The van der Waals surface area contributed by atoms with E-state index in [-0.39, 0.29) is 5.56 Å². The molecule has 0 radical (unpaired) electrons. The van der Waals surface area contributed by atoms with Crippen molar-refractivity contribution in [3.63, 3.8) is 0 Å². The molecule has 3 rings (SSSR count). The largest absolute Gasteiger partial charge is 0.306 e. The molecule has 0 aliphatic heterocycles. The van der Waals surface area contributed by atoms with Gasteiger partial charge in [-0.3, -0.25) is 14.4 Å². The topological polar surface area (TPSA) is 66.8 Å². The third-order valence-electron chi connectivity index (χ3n) is 5.16. The average Bonchev–Trinajstić information content (AvgIpc) is 2.86. The van der Waals surface area contributed by atoms with E-state index in [4.69, 9.17) is 0 Å². The van der Waals surface area contributed by atoms with Crippen LogP contribution in [0.5, 0.6) is 0 Å². The number of aromatic amines is 1. The zero-order chi connectivity index (χ0) is 19.7. The van der Waals surface area contributed by atoms with Crippen molar-refractivity contribution in [1.82, 2.24) is 24.6 Å². The molecule has 0 spiro atoms. The number of rotatable bonds is 5. The molecule has 0 saturated carbocycles. The van der Waals surface area contributed by atoms with Crippen LogP contribution in [-0.2, 0) is 20.1 Å². The summed E-state index contributed by atoms with van der Waals surface area (Å²) in [6.45, 7) is 9.51. The van der Waals surface area contributed by atoms with E-state index >= 15 is 0 Å². The van der Waals surface area contributed by atoms with Gasteiger partial charge < -0.3 is 4.98 Å². The Hall–Kier alpha value is -2.73. The van der Waals surface area contributed by atoms with Crippen LogP contribution in [0.4, 0.5) is 0 Å². The number of H-pyrrole nitrogens is 1. The van der Waals surface area contributed by atoms with Crippen molar-refractivity contribution in [2.24, 2.45) is 7.05 Å². The molecule has 0 aliphatic rings. The number of aromatic nitrogens is 4. The molecule has 0 unspecified atom stereocenters. The van der Waals surface area contributed by atoms with Crippen LogP contribution in [-0.4, -0.2) is 31.7 Å². The highest BCUT2D eigenvalue weighted by molar-refractivity contribution is 5.55. The van der Waals surface area contributed by atoms with Crippen LogP contribution in [0.25, 0.3) is 11.4 Å². The van der Waals surface area contributed by atoms with Gasteiger partial charge in [-0.1, -0.05) is 24.3 Å². The Morgan fingerprint density at radius 1 is 1.04 bits per heavy atom. The summed E-state index contributed by atoms with van der Waals surface area (Å²) in [5, 5.41) is 4.49. The second kappa shape index (κ2) is 7.48. The molecule has 0 amide bonds. The molecule has 0 saturated heterocycles. The summed E-state index contributed by atoms with van der Waals surface area (Å²) < 4.78 is 1.94. The summed E-state index contributed by atoms with van der Waals surface area (Å²) in [6, 6.07) is 8.20. The van der Waals surface area contributed by atoms with E-state index < -0.39 is 0 Å². The lowest BCUT2D eigenvalue weighted by Gasteiger charge is -2.17. The molecule has 3 aromatic rings. The second-order valence-corrected chi connectivity index (χ2v) is 7.27. The van der Waals surface area contributed by atoms with Gasteiger partial charge in [-0.15, -0.1) is 0 Å². The maximum Gasteiger partial charge on any atom is 0.254 e. The van der Waals surface area contributed by atoms with Gasteiger partial charge in [-0.2, -0.15) is 5.10 Å². The van der Waals surface area contributed by atoms with Crippen LogP contribution in [0, 0.1) is 27.7 Å². The molecule has 6 heteroatoms. The van der Waals surface area contributed by atoms with Gasteiger partial charge in [0.25, 0.3) is 5.56 Å². The highest BCUT2D eigenvalue weighted by Crippen LogP contribution is 2.18. The molecule has 0 atom stereocenters. The molecular weight excluding hydrogens is 338 g/mol. The lowest BCUT2D eigenvalue weighted by atomic mass is 10.1. The molecule has 1 N–H and O–H groups in total. The van der Waals surface area contributed by atoms with Gasteiger partial charge >= 0.3 is 0 Å². The lowest BCUT2D eigenvalue weighted by Crippen LogP contribution is -2.18. The van der Waals surface area contributed by atoms with E-state index in [1.165, 1.54) is 16.8 Å². The third kappa shape index (κ3) is 4.01. The first kappa shape index (κ1) is 19.0. The summed E-state index contributed by atoms with van der Waals surface area (Å²) in [7, 11) is 4.10. The molecule has 1 aromatic carbocycles. The van der Waals surface area contributed by atoms with Crippen molar-refractivity contribution in [2.75, 3.05) is 7.05 Å². The second-order valence-electron chi connectivity index (χ2n) is 7.27. The minimum Gasteiger partial charge on any atom is -0.306 e. The van der Waals surface area contributed by atoms with Crippen LogP contribution in [0.2, 0.25) is 0 Å². The SMILES string of the molecule is Cc1nn(C)c(C)c1CN(C)Cc1ccc(-c2nc(C)c(C)c(=O)[nH]2)cc1. The van der Waals surface area contributed by atoms with Gasteiger partial charge in [0.2, 0.25) is 0 Å². The minimum atomic E-state index is -0.0801. The summed E-state index contributed by atoms with van der Waals surface area (Å²) in [6.07, 6.45) is 0. The van der Waals surface area contributed by atoms with Crippen LogP contribution >= 0.6 is 0 Å². The van der Waals surface area contributed by atoms with Gasteiger partial charge in [0.1, 0.15) is 5.82 Å². The number of hydrogen-bond donors (Lipinski definition) is 1. The van der Waals surface area contributed by atoms with Crippen molar-refractivity contribution in [3.8, 4) is 11.4 Å². The highest BCUT2D eigenvalue weighted by Gasteiger charge is 2.12. The van der Waals surface area contributed by atoms with E-state index in [0.29, 0.717) is 11.4 Å². The molecule has 2 heterocycles. The number of benzene rings is 1. The van der Waals surface area contributed by atoms with Crippen molar-refractivity contribution in [3.05, 3.63) is 68.4 Å². The fourth-order valence-electron chi connectivity index (χ4n) is 3.23. The van der Waals surface area contributed by atoms with E-state index in [1.807, 2.05) is 30.8 Å². The Morgan fingerprint density at radius 2 is 1.70 bits per heavy atom. The van der Waals surface area contributed by atoms with Crippen molar-refractivity contribution >= 4 is 0 Å². The average molecular weight is 365 g/mol. The van der Waals surface area contributed by atoms with Gasteiger partial charge in [0.15, 0.2) is 0 Å². The van der Waals surface area contributed by atoms with Crippen LogP contribution < -0.4 is 5.56 Å². The maximum absolute atomic E-state index is 12.0. The van der Waals surface area contributed by atoms with Crippen molar-refractivity contribution in [1.29, 1.82) is 0 Å². The Bertz CT molecular complexity index is 1010. The first-order chi connectivity index (χ1) is 12.8. The predicted molar refractivity (Wildman–Crippen MR) is 108 cm³/mol. The molecule has 2 aromatic heterocycles. The minimum absolute atomic E-state index is 0.0801. The van der Waals surface area contributed by atoms with Gasteiger partial charge in [0.05, 0.1) is 5.69 Å². The monoisotopic (exact) mass is 365 g/mol. The van der Waals surface area contributed by atoms with Gasteiger partial charge in [-0.05, 0) is 40.3 Å². The zero-order valence-corrected chi connectivity index (χ0v) is 16.9. The molecule has 27 heavy (non-hydrogen) atoms. The first-order valence-electron chi connectivity index (χ1n) is 9.10. The summed E-state index contributed by atoms with van der Waals surface area (Å²) in [5.74, 6) is 0.615. The molecule has 6 nitrogen and oxygen atoms in total. The highest BCUT2D eigenvalue weighted by atomic mass is 16.1. The fourth-order valence-corrected chi connectivity index (χ4v) is 3.23. The normalized spacial score (nSPS) is 11.4. The smallest absolute Gasteiger partial charge is 0.254 e. The van der Waals surface area contributed by atoms with Crippen molar-refractivity contribution in [2.45, 2.75) is 40.8 Å². The van der Waals surface area contributed by atoms with Crippen LogP contribution in [0.3, 0.4) is 0 Å². The van der Waals surface area contributed by atoms with E-state index in [2.05, 4.69) is 53.0 Å². The molecule has 0 aliphatic carbocycles. The quantitative estimate of drug-likeness (QED) is 0.755. The Labute approximate surface area is 159 Å². The molecule has 142 valence electrons. The fraction of sp³-hybridized carbons (Fsp3) is 0.381. The summed E-state index contributed by atoms with van der Waals surface area (Å²) in [5.41, 5.74) is 7.06. The van der Waals surface area contributed by atoms with Crippen molar-refractivity contribution < 1.29 is 0 Å². The molecule has 0 fully saturated rings. The summed E-state index contributed by atoms with van der Waals surface area (Å²) in [4.78, 5) is 21.6. The predicted octanol–water partition coefficient (Wildman–Crippen LogP) is 3.04. The number of aryl methyl sites for hydroxylation is 3. The molecular formula is C21H27N5O. The van der Waals surface area contributed by atoms with Crippen LogP contribution in [0.15, 0.2) is 29.1 Å². The lowest BCUT2D eigenvalue weighted by molar-refractivity contribution is 0.317. The Kier molecular flexibility index (Phi) is 5.28. The van der Waals surface area contributed by atoms with E-state index in [9.17, 15) is 4.79 Å². The van der Waals surface area contributed by atoms with Gasteiger partial charge in [0, 0.05) is 48.2 Å². The Balaban J connectivity index is 1.73. The van der Waals surface area contributed by atoms with Crippen LogP contribution in [0.1, 0.15) is 33.8 Å². The zero-order valence-electron chi connectivity index (χ0n) is 16.9. The molecule has 0 bridgehead atoms. The number of hydrogen-bond acceptors (Lipinski definition) is 4. The first-order valence-corrected chi connectivity index (χ1v) is 9.10. The van der Waals surface area contributed by atoms with E-state index in [1.54, 1.807) is 6.92 Å².